The summed E-state index contributed by atoms with van der Waals surface area (Å²) in [6, 6.07) is 0. The fourth-order valence-corrected chi connectivity index (χ4v) is 2.53. The summed E-state index contributed by atoms with van der Waals surface area (Å²) in [4.78, 5) is 11.7. The fourth-order valence-electron chi connectivity index (χ4n) is 2.53. The molecule has 0 saturated heterocycles. The van der Waals surface area contributed by atoms with Crippen molar-refractivity contribution < 1.29 is 18.0 Å². The Labute approximate surface area is 87.0 Å². The van der Waals surface area contributed by atoms with Gasteiger partial charge < -0.3 is 0 Å². The zero-order chi connectivity index (χ0) is 11.1. The molecule has 2 unspecified atom stereocenters. The third-order valence-electron chi connectivity index (χ3n) is 3.53. The first kappa shape index (κ1) is 11.0. The van der Waals surface area contributed by atoms with Crippen LogP contribution in [0.4, 0.5) is 13.2 Å². The van der Waals surface area contributed by atoms with Gasteiger partial charge in [-0.2, -0.15) is 13.2 Å². The van der Waals surface area contributed by atoms with Crippen LogP contribution in [-0.4, -0.2) is 12.0 Å². The first-order chi connectivity index (χ1) is 7.00. The van der Waals surface area contributed by atoms with Gasteiger partial charge in [0.2, 0.25) is 0 Å². The van der Waals surface area contributed by atoms with Gasteiger partial charge in [-0.15, -0.1) is 0 Å². The molecule has 2 rings (SSSR count). The van der Waals surface area contributed by atoms with Crippen molar-refractivity contribution in [3.05, 3.63) is 0 Å². The Kier molecular flexibility index (Phi) is 2.77. The monoisotopic (exact) mass is 220 g/mol. The summed E-state index contributed by atoms with van der Waals surface area (Å²) in [6.45, 7) is 0. The molecule has 0 aromatic heterocycles. The lowest BCUT2D eigenvalue weighted by Gasteiger charge is -2.32. The van der Waals surface area contributed by atoms with Crippen LogP contribution >= 0.6 is 0 Å². The number of alkyl halides is 3. The second-order valence-electron chi connectivity index (χ2n) is 4.72. The van der Waals surface area contributed by atoms with Crippen molar-refractivity contribution in [2.45, 2.75) is 44.7 Å². The molecule has 2 saturated carbocycles. The first-order valence-electron chi connectivity index (χ1n) is 5.60. The second-order valence-corrected chi connectivity index (χ2v) is 4.72. The topological polar surface area (TPSA) is 17.1 Å². The molecule has 0 N–H and O–H groups in total. The summed E-state index contributed by atoms with van der Waals surface area (Å²) >= 11 is 0. The van der Waals surface area contributed by atoms with Gasteiger partial charge >= 0.3 is 6.18 Å². The van der Waals surface area contributed by atoms with Crippen molar-refractivity contribution in [3.8, 4) is 0 Å². The van der Waals surface area contributed by atoms with Crippen LogP contribution in [0.15, 0.2) is 0 Å². The van der Waals surface area contributed by atoms with Gasteiger partial charge in [-0.3, -0.25) is 4.79 Å². The van der Waals surface area contributed by atoms with Crippen molar-refractivity contribution in [1.82, 2.24) is 0 Å². The molecule has 0 amide bonds. The maximum Gasteiger partial charge on any atom is 0.392 e. The van der Waals surface area contributed by atoms with E-state index in [1.807, 2.05) is 0 Å². The molecule has 0 radical (unpaired) electrons. The minimum atomic E-state index is -4.18. The van der Waals surface area contributed by atoms with E-state index in [0.717, 1.165) is 19.3 Å². The molecule has 0 heterocycles. The van der Waals surface area contributed by atoms with Crippen LogP contribution in [0, 0.1) is 17.8 Å². The third-order valence-corrected chi connectivity index (χ3v) is 3.53. The summed E-state index contributed by atoms with van der Waals surface area (Å²) in [6.07, 6.45) is -0.601. The number of carbonyl (C=O) groups excluding carboxylic acids is 1. The zero-order valence-electron chi connectivity index (χ0n) is 8.52. The summed E-state index contributed by atoms with van der Waals surface area (Å²) in [7, 11) is 0. The number of Topliss-reactive ketones (excluding diaryl/α,β-unsaturated/α-hetero) is 1. The number of hydrogen-bond acceptors (Lipinski definition) is 1. The Morgan fingerprint density at radius 2 is 1.60 bits per heavy atom. The largest absolute Gasteiger partial charge is 0.392 e. The van der Waals surface area contributed by atoms with Crippen LogP contribution in [0.25, 0.3) is 0 Å². The first-order valence-corrected chi connectivity index (χ1v) is 5.60. The van der Waals surface area contributed by atoms with E-state index in [9.17, 15) is 18.0 Å². The molecule has 2 aliphatic carbocycles. The summed E-state index contributed by atoms with van der Waals surface area (Å²) < 4.78 is 38.0. The average molecular weight is 220 g/mol. The third kappa shape index (κ3) is 2.34. The van der Waals surface area contributed by atoms with Gasteiger partial charge in [-0.25, -0.2) is 0 Å². The molecule has 0 aliphatic heterocycles. The van der Waals surface area contributed by atoms with Crippen LogP contribution in [0.3, 0.4) is 0 Å². The van der Waals surface area contributed by atoms with E-state index in [0.29, 0.717) is 12.8 Å². The van der Waals surface area contributed by atoms with Crippen molar-refractivity contribution in [2.75, 3.05) is 0 Å². The van der Waals surface area contributed by atoms with Crippen LogP contribution in [-0.2, 0) is 4.79 Å². The molecule has 2 atom stereocenters. The molecular weight excluding hydrogens is 205 g/mol. The maximum atomic E-state index is 12.7. The lowest BCUT2D eigenvalue weighted by molar-refractivity contribution is -0.198. The summed E-state index contributed by atoms with van der Waals surface area (Å²) in [5.41, 5.74) is 0. The van der Waals surface area contributed by atoms with Crippen LogP contribution in [0.2, 0.25) is 0 Å². The quantitative estimate of drug-likeness (QED) is 0.697. The lowest BCUT2D eigenvalue weighted by Crippen LogP contribution is -2.37. The summed E-state index contributed by atoms with van der Waals surface area (Å²) in [5.74, 6) is -2.25. The highest BCUT2D eigenvalue weighted by Crippen LogP contribution is 2.45. The Balaban J connectivity index is 2.08. The molecule has 0 aromatic carbocycles. The number of rotatable bonds is 2. The van der Waals surface area contributed by atoms with E-state index < -0.39 is 18.0 Å². The molecule has 0 aromatic rings. The highest BCUT2D eigenvalue weighted by atomic mass is 19.4. The van der Waals surface area contributed by atoms with E-state index in [2.05, 4.69) is 0 Å². The molecule has 0 spiro atoms. The maximum absolute atomic E-state index is 12.7. The van der Waals surface area contributed by atoms with Gasteiger partial charge in [0, 0.05) is 11.8 Å². The SMILES string of the molecule is O=C(C1CC1)C1CCCCC1C(F)(F)F. The smallest absolute Gasteiger partial charge is 0.299 e. The van der Waals surface area contributed by atoms with Crippen molar-refractivity contribution in [3.63, 3.8) is 0 Å². The van der Waals surface area contributed by atoms with Crippen LogP contribution in [0.1, 0.15) is 38.5 Å². The van der Waals surface area contributed by atoms with Crippen molar-refractivity contribution in [1.29, 1.82) is 0 Å². The van der Waals surface area contributed by atoms with Crippen LogP contribution in [0.5, 0.6) is 0 Å². The fraction of sp³-hybridized carbons (Fsp3) is 0.909. The van der Waals surface area contributed by atoms with Gasteiger partial charge in [-0.05, 0) is 25.7 Å². The molecule has 0 bridgehead atoms. The molecule has 15 heavy (non-hydrogen) atoms. The minimum absolute atomic E-state index is 0.0436. The highest BCUT2D eigenvalue weighted by molar-refractivity contribution is 5.85. The predicted molar refractivity (Wildman–Crippen MR) is 49.2 cm³/mol. The van der Waals surface area contributed by atoms with Crippen molar-refractivity contribution >= 4 is 5.78 Å². The molecule has 4 heteroatoms. The van der Waals surface area contributed by atoms with E-state index in [4.69, 9.17) is 0 Å². The van der Waals surface area contributed by atoms with Crippen molar-refractivity contribution in [2.24, 2.45) is 17.8 Å². The number of halogens is 3. The molecule has 1 nitrogen and oxygen atoms in total. The van der Waals surface area contributed by atoms with Gasteiger partial charge in [-0.1, -0.05) is 12.8 Å². The van der Waals surface area contributed by atoms with E-state index in [1.165, 1.54) is 0 Å². The molecule has 2 fully saturated rings. The van der Waals surface area contributed by atoms with E-state index in [1.54, 1.807) is 0 Å². The minimum Gasteiger partial charge on any atom is -0.299 e. The molecular formula is C11H15F3O. The van der Waals surface area contributed by atoms with E-state index in [-0.39, 0.29) is 18.1 Å². The lowest BCUT2D eigenvalue weighted by atomic mass is 9.75. The number of ketones is 1. The van der Waals surface area contributed by atoms with Gasteiger partial charge in [0.05, 0.1) is 5.92 Å². The predicted octanol–water partition coefficient (Wildman–Crippen LogP) is 3.33. The van der Waals surface area contributed by atoms with Gasteiger partial charge in [0.1, 0.15) is 5.78 Å². The molecule has 86 valence electrons. The molecule has 2 aliphatic rings. The zero-order valence-corrected chi connectivity index (χ0v) is 8.52. The Bertz CT molecular complexity index is 255. The highest BCUT2D eigenvalue weighted by Gasteiger charge is 2.50. The number of hydrogen-bond donors (Lipinski definition) is 0. The Morgan fingerprint density at radius 1 is 1.00 bits per heavy atom. The second kappa shape index (κ2) is 3.80. The Morgan fingerprint density at radius 3 is 2.13 bits per heavy atom. The summed E-state index contributed by atoms with van der Waals surface area (Å²) in [5, 5.41) is 0. The van der Waals surface area contributed by atoms with Gasteiger partial charge in [0.25, 0.3) is 0 Å². The number of carbonyl (C=O) groups is 1. The standard InChI is InChI=1S/C11H15F3O/c12-11(13,14)9-4-2-1-3-8(9)10(15)7-5-6-7/h7-9H,1-6H2. The average Bonchev–Trinajstić information content (AvgIpc) is 2.98. The normalized spacial score (nSPS) is 32.7. The van der Waals surface area contributed by atoms with Gasteiger partial charge in [0.15, 0.2) is 0 Å². The Hall–Kier alpha value is -0.540. The van der Waals surface area contributed by atoms with Crippen LogP contribution < -0.4 is 0 Å². The van der Waals surface area contributed by atoms with E-state index >= 15 is 0 Å².